The third-order valence-electron chi connectivity index (χ3n) is 5.66. The quantitative estimate of drug-likeness (QED) is 0.252. The minimum absolute atomic E-state index is 0.329. The molecule has 0 aliphatic carbocycles. The van der Waals surface area contributed by atoms with Gasteiger partial charge in [0.1, 0.15) is 11.1 Å². The highest BCUT2D eigenvalue weighted by molar-refractivity contribution is 5.93. The number of anilines is 2. The number of carboxylic acids is 1. The monoisotopic (exact) mass is 452 g/mol. The van der Waals surface area contributed by atoms with Crippen LogP contribution in [-0.4, -0.2) is 24.2 Å². The molecule has 6 nitrogen and oxygen atoms in total. The third kappa shape index (κ3) is 4.64. The standard InChI is InChI=1S/C28H24N2O4/c1-3-30(4-2)25-17-26-22(16-24(27(31)32)28(33)34-26)15-21(25)10-7-18-5-8-19(9-6-18)20-11-13-23(29)14-12-20/h5-6,8-9,11-17H,3-4,29H2,1-2H3,(H,31,32). The predicted octanol–water partition coefficient (Wildman–Crippen LogP) is 4.99. The summed E-state index contributed by atoms with van der Waals surface area (Å²) in [5, 5.41) is 9.79. The molecule has 0 atom stereocenters. The second kappa shape index (κ2) is 9.55. The van der Waals surface area contributed by atoms with Gasteiger partial charge in [0.25, 0.3) is 0 Å². The number of nitrogens with zero attached hydrogens (tertiary/aromatic N) is 1. The van der Waals surface area contributed by atoms with Crippen molar-refractivity contribution in [1.82, 2.24) is 0 Å². The lowest BCUT2D eigenvalue weighted by Crippen LogP contribution is -2.23. The summed E-state index contributed by atoms with van der Waals surface area (Å²) in [5.74, 6) is 5.10. The molecule has 170 valence electrons. The van der Waals surface area contributed by atoms with Crippen LogP contribution < -0.4 is 16.3 Å². The van der Waals surface area contributed by atoms with Crippen molar-refractivity contribution in [3.8, 4) is 23.0 Å². The highest BCUT2D eigenvalue weighted by Crippen LogP contribution is 2.27. The van der Waals surface area contributed by atoms with Crippen LogP contribution in [0.3, 0.4) is 0 Å². The first-order chi connectivity index (χ1) is 16.4. The number of nitrogen functional groups attached to an aromatic ring is 1. The van der Waals surface area contributed by atoms with Gasteiger partial charge in [-0.15, -0.1) is 0 Å². The van der Waals surface area contributed by atoms with E-state index in [1.165, 1.54) is 6.07 Å². The number of hydrogen-bond donors (Lipinski definition) is 2. The minimum atomic E-state index is -1.32. The van der Waals surface area contributed by atoms with Gasteiger partial charge in [0.05, 0.1) is 5.69 Å². The first-order valence-electron chi connectivity index (χ1n) is 11.0. The second-order valence-electron chi connectivity index (χ2n) is 7.78. The average Bonchev–Trinajstić information content (AvgIpc) is 2.84. The maximum atomic E-state index is 12.0. The zero-order valence-corrected chi connectivity index (χ0v) is 19.0. The van der Waals surface area contributed by atoms with Gasteiger partial charge < -0.3 is 20.2 Å². The van der Waals surface area contributed by atoms with Crippen molar-refractivity contribution in [2.45, 2.75) is 13.8 Å². The van der Waals surface area contributed by atoms with E-state index in [1.807, 2.05) is 62.4 Å². The van der Waals surface area contributed by atoms with Crippen LogP contribution in [-0.2, 0) is 0 Å². The summed E-state index contributed by atoms with van der Waals surface area (Å²) < 4.78 is 5.30. The van der Waals surface area contributed by atoms with Crippen molar-refractivity contribution in [3.05, 3.63) is 93.8 Å². The summed E-state index contributed by atoms with van der Waals surface area (Å²) in [6.07, 6.45) is 0. The largest absolute Gasteiger partial charge is 0.477 e. The third-order valence-corrected chi connectivity index (χ3v) is 5.66. The average molecular weight is 453 g/mol. The van der Waals surface area contributed by atoms with Crippen LogP contribution in [0.4, 0.5) is 11.4 Å². The van der Waals surface area contributed by atoms with E-state index in [2.05, 4.69) is 16.7 Å². The normalized spacial score (nSPS) is 10.5. The molecule has 0 aliphatic heterocycles. The molecule has 0 fully saturated rings. The van der Waals surface area contributed by atoms with Gasteiger partial charge in [-0.2, -0.15) is 0 Å². The summed E-state index contributed by atoms with van der Waals surface area (Å²) in [5.41, 5.74) is 10.1. The van der Waals surface area contributed by atoms with Gasteiger partial charge in [0, 0.05) is 41.4 Å². The van der Waals surface area contributed by atoms with Crippen molar-refractivity contribution in [1.29, 1.82) is 0 Å². The van der Waals surface area contributed by atoms with E-state index in [9.17, 15) is 14.7 Å². The molecule has 1 aromatic heterocycles. The maximum absolute atomic E-state index is 12.0. The van der Waals surface area contributed by atoms with Crippen molar-refractivity contribution in [3.63, 3.8) is 0 Å². The summed E-state index contributed by atoms with van der Waals surface area (Å²) in [7, 11) is 0. The van der Waals surface area contributed by atoms with Crippen LogP contribution in [0.5, 0.6) is 0 Å². The Morgan fingerprint density at radius 1 is 0.941 bits per heavy atom. The molecule has 4 aromatic rings. The SMILES string of the molecule is CCN(CC)c1cc2oc(=O)c(C(=O)O)cc2cc1C#Cc1ccc(-c2ccc(N)cc2)cc1. The van der Waals surface area contributed by atoms with E-state index in [1.54, 1.807) is 12.1 Å². The van der Waals surface area contributed by atoms with Crippen LogP contribution in [0.1, 0.15) is 35.3 Å². The highest BCUT2D eigenvalue weighted by atomic mass is 16.4. The van der Waals surface area contributed by atoms with Crippen LogP contribution >= 0.6 is 0 Å². The molecule has 6 heteroatoms. The smallest absolute Gasteiger partial charge is 0.351 e. The number of carboxylic acid groups (broad SMARTS) is 1. The molecule has 3 N–H and O–H groups in total. The number of rotatable bonds is 5. The van der Waals surface area contributed by atoms with E-state index in [0.717, 1.165) is 46.7 Å². The van der Waals surface area contributed by atoms with Crippen LogP contribution in [0.2, 0.25) is 0 Å². The molecule has 1 heterocycles. The van der Waals surface area contributed by atoms with E-state index in [4.69, 9.17) is 10.2 Å². The number of carbonyl (C=O) groups is 1. The Bertz CT molecular complexity index is 1470. The van der Waals surface area contributed by atoms with E-state index < -0.39 is 17.2 Å². The molecule has 0 unspecified atom stereocenters. The second-order valence-corrected chi connectivity index (χ2v) is 7.78. The number of benzene rings is 3. The van der Waals surface area contributed by atoms with E-state index >= 15 is 0 Å². The summed E-state index contributed by atoms with van der Waals surface area (Å²) in [6, 6.07) is 20.5. The summed E-state index contributed by atoms with van der Waals surface area (Å²) in [4.78, 5) is 25.5. The topological polar surface area (TPSA) is 96.8 Å². The fraction of sp³-hybridized carbons (Fsp3) is 0.143. The van der Waals surface area contributed by atoms with Crippen molar-refractivity contribution < 1.29 is 14.3 Å². The number of hydrogen-bond acceptors (Lipinski definition) is 5. The van der Waals surface area contributed by atoms with Gasteiger partial charge in [0.2, 0.25) is 0 Å². The lowest BCUT2D eigenvalue weighted by atomic mass is 10.0. The van der Waals surface area contributed by atoms with E-state index in [0.29, 0.717) is 11.0 Å². The van der Waals surface area contributed by atoms with E-state index in [-0.39, 0.29) is 0 Å². The first kappa shape index (κ1) is 22.7. The lowest BCUT2D eigenvalue weighted by Gasteiger charge is -2.22. The number of aromatic carboxylic acids is 1. The maximum Gasteiger partial charge on any atom is 0.351 e. The minimum Gasteiger partial charge on any atom is -0.477 e. The molecule has 4 rings (SSSR count). The molecule has 0 spiro atoms. The fourth-order valence-electron chi connectivity index (χ4n) is 3.79. The Balaban J connectivity index is 1.76. The molecule has 0 saturated heterocycles. The van der Waals surface area contributed by atoms with Gasteiger partial charge >= 0.3 is 11.6 Å². The first-order valence-corrected chi connectivity index (χ1v) is 11.0. The number of fused-ring (bicyclic) bond motifs is 1. The highest BCUT2D eigenvalue weighted by Gasteiger charge is 2.15. The number of nitrogens with two attached hydrogens (primary N) is 1. The fourth-order valence-corrected chi connectivity index (χ4v) is 3.79. The van der Waals surface area contributed by atoms with Crippen LogP contribution in [0.15, 0.2) is 75.9 Å². The summed E-state index contributed by atoms with van der Waals surface area (Å²) in [6.45, 7) is 5.55. The predicted molar refractivity (Wildman–Crippen MR) is 135 cm³/mol. The zero-order chi connectivity index (χ0) is 24.2. The molecular formula is C28H24N2O4. The molecule has 0 amide bonds. The van der Waals surface area contributed by atoms with Gasteiger partial charge in [-0.25, -0.2) is 9.59 Å². The Labute approximate surface area is 197 Å². The van der Waals surface area contributed by atoms with Crippen LogP contribution in [0, 0.1) is 11.8 Å². The Morgan fingerprint density at radius 2 is 1.56 bits per heavy atom. The molecular weight excluding hydrogens is 428 g/mol. The molecule has 0 radical (unpaired) electrons. The zero-order valence-electron chi connectivity index (χ0n) is 19.0. The molecule has 0 aliphatic rings. The van der Waals surface area contributed by atoms with Gasteiger partial charge in [0.15, 0.2) is 0 Å². The van der Waals surface area contributed by atoms with Crippen molar-refractivity contribution >= 4 is 28.3 Å². The molecule has 0 bridgehead atoms. The van der Waals surface area contributed by atoms with Gasteiger partial charge in [-0.1, -0.05) is 36.1 Å². The molecule has 0 saturated carbocycles. The Hall–Kier alpha value is -4.50. The Morgan fingerprint density at radius 3 is 2.15 bits per heavy atom. The molecule has 3 aromatic carbocycles. The van der Waals surface area contributed by atoms with Crippen molar-refractivity contribution in [2.24, 2.45) is 0 Å². The van der Waals surface area contributed by atoms with Gasteiger partial charge in [-0.3, -0.25) is 0 Å². The van der Waals surface area contributed by atoms with Gasteiger partial charge in [-0.05, 0) is 61.4 Å². The molecule has 34 heavy (non-hydrogen) atoms. The Kier molecular flexibility index (Phi) is 6.37. The summed E-state index contributed by atoms with van der Waals surface area (Å²) >= 11 is 0. The van der Waals surface area contributed by atoms with Crippen molar-refractivity contribution in [2.75, 3.05) is 23.7 Å². The lowest BCUT2D eigenvalue weighted by molar-refractivity contribution is 0.0692. The van der Waals surface area contributed by atoms with Crippen LogP contribution in [0.25, 0.3) is 22.1 Å².